The summed E-state index contributed by atoms with van der Waals surface area (Å²) in [5.41, 5.74) is 8.37. The summed E-state index contributed by atoms with van der Waals surface area (Å²) in [4.78, 5) is 0. The number of fused-ring (bicyclic) bond motifs is 7. The highest BCUT2D eigenvalue weighted by Gasteiger charge is 2.34. The van der Waals surface area contributed by atoms with Gasteiger partial charge in [-0.2, -0.15) is 0 Å². The second kappa shape index (κ2) is 8.09. The maximum Gasteiger partial charge on any atom is 0.131 e. The molecule has 0 N–H and O–H groups in total. The van der Waals surface area contributed by atoms with Crippen LogP contribution < -0.4 is 4.74 Å². The molecule has 1 aliphatic heterocycles. The summed E-state index contributed by atoms with van der Waals surface area (Å²) >= 11 is 0. The maximum atomic E-state index is 6.30. The zero-order valence-corrected chi connectivity index (χ0v) is 22.0. The molecule has 0 unspecified atom stereocenters. The SMILES string of the molecule is CC1(C)c2ccccc2Oc2ccc(-c3ccc4c(ccc5c4c4ccccc4n5-c4ccccc4)c3)cc21. The van der Waals surface area contributed by atoms with E-state index in [4.69, 9.17) is 4.74 Å². The molecule has 0 atom stereocenters. The number of ether oxygens (including phenoxy) is 1. The Balaban J connectivity index is 1.30. The van der Waals surface area contributed by atoms with Gasteiger partial charge in [-0.05, 0) is 70.4 Å². The number of hydrogen-bond acceptors (Lipinski definition) is 1. The largest absolute Gasteiger partial charge is 0.457 e. The summed E-state index contributed by atoms with van der Waals surface area (Å²) in [5, 5.41) is 5.10. The molecule has 0 fully saturated rings. The minimum Gasteiger partial charge on any atom is -0.457 e. The van der Waals surface area contributed by atoms with Crippen LogP contribution in [-0.4, -0.2) is 4.57 Å². The summed E-state index contributed by atoms with van der Waals surface area (Å²) in [7, 11) is 0. The van der Waals surface area contributed by atoms with Crippen molar-refractivity contribution in [3.05, 3.63) is 139 Å². The lowest BCUT2D eigenvalue weighted by atomic mass is 9.75. The Morgan fingerprint density at radius 3 is 2.15 bits per heavy atom. The average molecular weight is 502 g/mol. The number of aromatic nitrogens is 1. The zero-order valence-electron chi connectivity index (χ0n) is 22.0. The van der Waals surface area contributed by atoms with Crippen molar-refractivity contribution in [2.75, 3.05) is 0 Å². The van der Waals surface area contributed by atoms with Crippen LogP contribution in [-0.2, 0) is 5.41 Å². The average Bonchev–Trinajstić information content (AvgIpc) is 3.32. The Hall–Kier alpha value is -4.82. The van der Waals surface area contributed by atoms with Gasteiger partial charge in [0.25, 0.3) is 0 Å². The molecule has 2 nitrogen and oxygen atoms in total. The standard InChI is InChI=1S/C37H27NO/c1-37(2)30-13-7-9-15-34(30)39-35-21-18-25(23-31(35)37)24-16-19-28-26(22-24)17-20-33-36(28)29-12-6-8-14-32(29)38(33)27-10-4-3-5-11-27/h3-23H,1-2H3. The van der Waals surface area contributed by atoms with E-state index < -0.39 is 0 Å². The first-order valence-corrected chi connectivity index (χ1v) is 13.5. The lowest BCUT2D eigenvalue weighted by Crippen LogP contribution is -2.24. The fourth-order valence-electron chi connectivity index (χ4n) is 6.45. The summed E-state index contributed by atoms with van der Waals surface area (Å²) < 4.78 is 8.68. The molecule has 39 heavy (non-hydrogen) atoms. The molecule has 0 radical (unpaired) electrons. The normalized spacial score (nSPS) is 13.8. The minimum atomic E-state index is -0.136. The Morgan fingerprint density at radius 2 is 1.26 bits per heavy atom. The van der Waals surface area contributed by atoms with Crippen LogP contribution in [0, 0.1) is 0 Å². The molecule has 6 aromatic carbocycles. The molecule has 8 rings (SSSR count). The van der Waals surface area contributed by atoms with Crippen molar-refractivity contribution >= 4 is 32.6 Å². The third-order valence-corrected chi connectivity index (χ3v) is 8.43. The van der Waals surface area contributed by atoms with E-state index in [9.17, 15) is 0 Å². The fourth-order valence-corrected chi connectivity index (χ4v) is 6.45. The number of nitrogens with zero attached hydrogens (tertiary/aromatic N) is 1. The van der Waals surface area contributed by atoms with Crippen LogP contribution >= 0.6 is 0 Å². The van der Waals surface area contributed by atoms with Crippen LogP contribution in [0.25, 0.3) is 49.4 Å². The van der Waals surface area contributed by atoms with Gasteiger partial charge in [0.05, 0.1) is 11.0 Å². The van der Waals surface area contributed by atoms with Crippen molar-refractivity contribution in [1.29, 1.82) is 0 Å². The highest BCUT2D eigenvalue weighted by molar-refractivity contribution is 6.21. The Labute approximate surface area is 227 Å². The van der Waals surface area contributed by atoms with E-state index >= 15 is 0 Å². The van der Waals surface area contributed by atoms with Crippen LogP contribution in [0.2, 0.25) is 0 Å². The first-order valence-electron chi connectivity index (χ1n) is 13.5. The monoisotopic (exact) mass is 501 g/mol. The summed E-state index contributed by atoms with van der Waals surface area (Å²) in [6.45, 7) is 4.58. The molecule has 2 heteroatoms. The number of rotatable bonds is 2. The maximum absolute atomic E-state index is 6.30. The predicted molar refractivity (Wildman–Crippen MR) is 162 cm³/mol. The topological polar surface area (TPSA) is 14.2 Å². The molecule has 1 aromatic heterocycles. The molecule has 0 bridgehead atoms. The van der Waals surface area contributed by atoms with Gasteiger partial charge in [0.15, 0.2) is 0 Å². The minimum absolute atomic E-state index is 0.136. The Bertz CT molecular complexity index is 2060. The molecule has 1 aliphatic rings. The van der Waals surface area contributed by atoms with E-state index in [-0.39, 0.29) is 5.41 Å². The molecule has 0 aliphatic carbocycles. The molecule has 0 spiro atoms. The lowest BCUT2D eigenvalue weighted by molar-refractivity contribution is 0.418. The molecule has 0 saturated heterocycles. The second-order valence-corrected chi connectivity index (χ2v) is 11.0. The van der Waals surface area contributed by atoms with Gasteiger partial charge >= 0.3 is 0 Å². The van der Waals surface area contributed by atoms with Crippen LogP contribution in [0.15, 0.2) is 127 Å². The van der Waals surface area contributed by atoms with E-state index in [1.54, 1.807) is 0 Å². The van der Waals surface area contributed by atoms with Crippen LogP contribution in [0.4, 0.5) is 0 Å². The molecular formula is C37H27NO. The van der Waals surface area contributed by atoms with E-state index in [1.807, 2.05) is 6.07 Å². The smallest absolute Gasteiger partial charge is 0.131 e. The highest BCUT2D eigenvalue weighted by Crippen LogP contribution is 2.49. The van der Waals surface area contributed by atoms with Crippen molar-refractivity contribution < 1.29 is 4.74 Å². The third kappa shape index (κ3) is 3.21. The van der Waals surface area contributed by atoms with Gasteiger partial charge in [-0.1, -0.05) is 92.7 Å². The van der Waals surface area contributed by atoms with Gasteiger partial charge in [-0.25, -0.2) is 0 Å². The molecule has 0 amide bonds. The van der Waals surface area contributed by atoms with Gasteiger partial charge in [-0.3, -0.25) is 0 Å². The van der Waals surface area contributed by atoms with Gasteiger partial charge in [-0.15, -0.1) is 0 Å². The Kier molecular flexibility index (Phi) is 4.60. The van der Waals surface area contributed by atoms with E-state index in [0.29, 0.717) is 0 Å². The van der Waals surface area contributed by atoms with E-state index in [2.05, 4.69) is 140 Å². The summed E-state index contributed by atoms with van der Waals surface area (Å²) in [6.07, 6.45) is 0. The van der Waals surface area contributed by atoms with Crippen molar-refractivity contribution in [1.82, 2.24) is 4.57 Å². The van der Waals surface area contributed by atoms with Crippen molar-refractivity contribution in [3.8, 4) is 28.3 Å². The van der Waals surface area contributed by atoms with Crippen molar-refractivity contribution in [2.45, 2.75) is 19.3 Å². The van der Waals surface area contributed by atoms with Crippen molar-refractivity contribution in [3.63, 3.8) is 0 Å². The molecule has 2 heterocycles. The quantitative estimate of drug-likeness (QED) is 0.230. The second-order valence-electron chi connectivity index (χ2n) is 11.0. The number of hydrogen-bond donors (Lipinski definition) is 0. The van der Waals surface area contributed by atoms with Gasteiger partial charge in [0, 0.05) is 33.0 Å². The van der Waals surface area contributed by atoms with E-state index in [1.165, 1.54) is 60.5 Å². The lowest BCUT2D eigenvalue weighted by Gasteiger charge is -2.34. The Morgan fingerprint density at radius 1 is 0.538 bits per heavy atom. The summed E-state index contributed by atoms with van der Waals surface area (Å²) in [5.74, 6) is 1.89. The third-order valence-electron chi connectivity index (χ3n) is 8.43. The molecular weight excluding hydrogens is 474 g/mol. The predicted octanol–water partition coefficient (Wildman–Crippen LogP) is 10.0. The number of benzene rings is 6. The van der Waals surface area contributed by atoms with E-state index in [0.717, 1.165) is 11.5 Å². The van der Waals surface area contributed by atoms with Gasteiger partial charge in [0.1, 0.15) is 11.5 Å². The van der Waals surface area contributed by atoms with Crippen LogP contribution in [0.3, 0.4) is 0 Å². The first kappa shape index (κ1) is 22.2. The number of para-hydroxylation sites is 3. The first-order chi connectivity index (χ1) is 19.1. The highest BCUT2D eigenvalue weighted by atomic mass is 16.5. The molecule has 7 aromatic rings. The van der Waals surface area contributed by atoms with Gasteiger partial charge < -0.3 is 9.30 Å². The summed E-state index contributed by atoms with van der Waals surface area (Å²) in [6, 6.07) is 45.8. The molecule has 186 valence electrons. The van der Waals surface area contributed by atoms with Gasteiger partial charge in [0.2, 0.25) is 0 Å². The van der Waals surface area contributed by atoms with Crippen LogP contribution in [0.1, 0.15) is 25.0 Å². The van der Waals surface area contributed by atoms with Crippen LogP contribution in [0.5, 0.6) is 11.5 Å². The zero-order chi connectivity index (χ0) is 26.1. The molecule has 0 saturated carbocycles. The fraction of sp³-hybridized carbons (Fsp3) is 0.0811. The van der Waals surface area contributed by atoms with Crippen molar-refractivity contribution in [2.24, 2.45) is 0 Å².